The van der Waals surface area contributed by atoms with Crippen LogP contribution in [-0.2, 0) is 10.5 Å². The van der Waals surface area contributed by atoms with Crippen LogP contribution in [0.25, 0.3) is 0 Å². The summed E-state index contributed by atoms with van der Waals surface area (Å²) in [6.07, 6.45) is 0. The second-order valence-corrected chi connectivity index (χ2v) is 8.27. The van der Waals surface area contributed by atoms with Gasteiger partial charge in [0.1, 0.15) is 5.82 Å². The first-order valence-corrected chi connectivity index (χ1v) is 10.4. The van der Waals surface area contributed by atoms with Gasteiger partial charge in [0.2, 0.25) is 5.91 Å². The number of anilines is 2. The van der Waals surface area contributed by atoms with Crippen molar-refractivity contribution in [1.29, 1.82) is 0 Å². The SMILES string of the molecule is CC(=O)N(c1nc(CSc2c(C)cc(C)cc2C)cs1)c1ccccc1F. The first-order chi connectivity index (χ1) is 12.9. The Kier molecular flexibility index (Phi) is 5.97. The van der Waals surface area contributed by atoms with E-state index in [2.05, 4.69) is 37.9 Å². The highest BCUT2D eigenvalue weighted by Gasteiger charge is 2.21. The molecule has 3 aromatic rings. The second-order valence-electron chi connectivity index (χ2n) is 6.44. The van der Waals surface area contributed by atoms with Crippen LogP contribution in [0, 0.1) is 26.6 Å². The van der Waals surface area contributed by atoms with E-state index >= 15 is 0 Å². The van der Waals surface area contributed by atoms with E-state index in [1.54, 1.807) is 30.0 Å². The molecule has 0 aliphatic heterocycles. The van der Waals surface area contributed by atoms with Gasteiger partial charge in [-0.1, -0.05) is 29.8 Å². The maximum absolute atomic E-state index is 14.2. The molecule has 6 heteroatoms. The lowest BCUT2D eigenvalue weighted by molar-refractivity contribution is -0.115. The highest BCUT2D eigenvalue weighted by molar-refractivity contribution is 7.98. The highest BCUT2D eigenvalue weighted by atomic mass is 32.2. The molecule has 1 heterocycles. The topological polar surface area (TPSA) is 33.2 Å². The van der Waals surface area contributed by atoms with E-state index in [1.165, 1.54) is 50.8 Å². The summed E-state index contributed by atoms with van der Waals surface area (Å²) >= 11 is 3.08. The zero-order valence-electron chi connectivity index (χ0n) is 15.7. The van der Waals surface area contributed by atoms with E-state index in [0.717, 1.165) is 5.69 Å². The van der Waals surface area contributed by atoms with Gasteiger partial charge in [-0.05, 0) is 44.0 Å². The first kappa shape index (κ1) is 19.6. The lowest BCUT2D eigenvalue weighted by Gasteiger charge is -2.18. The molecule has 0 N–H and O–H groups in total. The van der Waals surface area contributed by atoms with Crippen molar-refractivity contribution in [1.82, 2.24) is 4.98 Å². The molecule has 0 bridgehead atoms. The molecule has 2 aromatic carbocycles. The molecule has 0 saturated heterocycles. The summed E-state index contributed by atoms with van der Waals surface area (Å²) in [6.45, 7) is 7.75. The quantitative estimate of drug-likeness (QED) is 0.479. The zero-order chi connectivity index (χ0) is 19.6. The lowest BCUT2D eigenvalue weighted by Crippen LogP contribution is -2.23. The molecular formula is C21H21FN2OS2. The van der Waals surface area contributed by atoms with E-state index in [4.69, 9.17) is 0 Å². The number of rotatable bonds is 5. The molecule has 140 valence electrons. The molecule has 0 atom stereocenters. The number of aryl methyl sites for hydroxylation is 3. The number of aromatic nitrogens is 1. The molecule has 3 rings (SSSR count). The van der Waals surface area contributed by atoms with Crippen molar-refractivity contribution in [2.24, 2.45) is 0 Å². The Balaban J connectivity index is 1.82. The molecule has 1 amide bonds. The van der Waals surface area contributed by atoms with Gasteiger partial charge in [-0.2, -0.15) is 0 Å². The van der Waals surface area contributed by atoms with E-state index in [1.807, 2.05) is 5.38 Å². The van der Waals surface area contributed by atoms with Crippen LogP contribution in [0.3, 0.4) is 0 Å². The maximum Gasteiger partial charge on any atom is 0.230 e. The van der Waals surface area contributed by atoms with Crippen molar-refractivity contribution in [2.75, 3.05) is 4.90 Å². The van der Waals surface area contributed by atoms with Gasteiger partial charge in [0.15, 0.2) is 5.13 Å². The number of carbonyl (C=O) groups excluding carboxylic acids is 1. The van der Waals surface area contributed by atoms with Crippen molar-refractivity contribution in [3.63, 3.8) is 0 Å². The van der Waals surface area contributed by atoms with Crippen LogP contribution < -0.4 is 4.90 Å². The van der Waals surface area contributed by atoms with Crippen molar-refractivity contribution < 1.29 is 9.18 Å². The number of benzene rings is 2. The highest BCUT2D eigenvalue weighted by Crippen LogP contribution is 2.34. The molecule has 1 aromatic heterocycles. The fourth-order valence-corrected chi connectivity index (χ4v) is 5.04. The van der Waals surface area contributed by atoms with E-state index in [9.17, 15) is 9.18 Å². The minimum absolute atomic E-state index is 0.226. The lowest BCUT2D eigenvalue weighted by atomic mass is 10.1. The fraction of sp³-hybridized carbons (Fsp3) is 0.238. The van der Waals surface area contributed by atoms with Gasteiger partial charge in [0, 0.05) is 23.0 Å². The minimum atomic E-state index is -0.440. The van der Waals surface area contributed by atoms with Gasteiger partial charge in [0.05, 0.1) is 11.4 Å². The minimum Gasteiger partial charge on any atom is -0.274 e. The summed E-state index contributed by atoms with van der Waals surface area (Å²) < 4.78 is 14.2. The Morgan fingerprint density at radius 2 is 1.85 bits per heavy atom. The van der Waals surface area contributed by atoms with Crippen LogP contribution >= 0.6 is 23.1 Å². The Morgan fingerprint density at radius 1 is 1.19 bits per heavy atom. The first-order valence-electron chi connectivity index (χ1n) is 8.57. The normalized spacial score (nSPS) is 10.9. The average Bonchev–Trinajstić information content (AvgIpc) is 3.04. The molecule has 0 aliphatic carbocycles. The van der Waals surface area contributed by atoms with Gasteiger partial charge in [-0.25, -0.2) is 9.37 Å². The number of para-hydroxylation sites is 1. The van der Waals surface area contributed by atoms with Crippen LogP contribution in [0.5, 0.6) is 0 Å². The monoisotopic (exact) mass is 400 g/mol. The van der Waals surface area contributed by atoms with Gasteiger partial charge >= 0.3 is 0 Å². The van der Waals surface area contributed by atoms with E-state index in [-0.39, 0.29) is 11.6 Å². The summed E-state index contributed by atoms with van der Waals surface area (Å²) in [5.41, 5.74) is 4.87. The Hall–Kier alpha value is -2.18. The zero-order valence-corrected chi connectivity index (χ0v) is 17.4. The number of thiazole rings is 1. The standard InChI is InChI=1S/C21H21FN2OS2/c1-13-9-14(2)20(15(3)10-13)26-11-17-12-27-21(23-17)24(16(4)25)19-8-6-5-7-18(19)22/h5-10,12H,11H2,1-4H3. The molecule has 0 fully saturated rings. The van der Waals surface area contributed by atoms with Crippen LogP contribution in [0.4, 0.5) is 15.2 Å². The van der Waals surface area contributed by atoms with E-state index < -0.39 is 5.82 Å². The summed E-state index contributed by atoms with van der Waals surface area (Å²) in [5.74, 6) is -0.00633. The predicted molar refractivity (Wildman–Crippen MR) is 112 cm³/mol. The van der Waals surface area contributed by atoms with Crippen LogP contribution in [0.15, 0.2) is 46.7 Å². The molecule has 0 radical (unpaired) electrons. The van der Waals surface area contributed by atoms with Crippen LogP contribution in [-0.4, -0.2) is 10.9 Å². The molecule has 0 aliphatic rings. The third kappa shape index (κ3) is 4.39. The number of hydrogen-bond acceptors (Lipinski definition) is 4. The van der Waals surface area contributed by atoms with Crippen molar-refractivity contribution in [3.05, 3.63) is 70.0 Å². The number of hydrogen-bond donors (Lipinski definition) is 0. The van der Waals surface area contributed by atoms with Gasteiger partial charge in [0.25, 0.3) is 0 Å². The number of nitrogens with zero attached hydrogens (tertiary/aromatic N) is 2. The number of carbonyl (C=O) groups is 1. The largest absolute Gasteiger partial charge is 0.274 e. The smallest absolute Gasteiger partial charge is 0.230 e. The predicted octanol–water partition coefficient (Wildman–Crippen LogP) is 6.18. The second kappa shape index (κ2) is 8.23. The van der Waals surface area contributed by atoms with Crippen molar-refractivity contribution >= 4 is 39.8 Å². The van der Waals surface area contributed by atoms with Gasteiger partial charge < -0.3 is 0 Å². The molecular weight excluding hydrogens is 379 g/mol. The summed E-state index contributed by atoms with van der Waals surface area (Å²) in [7, 11) is 0. The third-order valence-electron chi connectivity index (χ3n) is 4.11. The number of thioether (sulfide) groups is 1. The summed E-state index contributed by atoms with van der Waals surface area (Å²) in [4.78, 5) is 19.3. The van der Waals surface area contributed by atoms with Crippen LogP contribution in [0.1, 0.15) is 29.3 Å². The average molecular weight is 401 g/mol. The molecule has 0 saturated carbocycles. The van der Waals surface area contributed by atoms with Gasteiger partial charge in [-0.3, -0.25) is 9.69 Å². The molecule has 3 nitrogen and oxygen atoms in total. The molecule has 0 spiro atoms. The number of amides is 1. The van der Waals surface area contributed by atoms with Crippen molar-refractivity contribution in [2.45, 2.75) is 38.3 Å². The molecule has 27 heavy (non-hydrogen) atoms. The van der Waals surface area contributed by atoms with Gasteiger partial charge in [-0.15, -0.1) is 23.1 Å². The van der Waals surface area contributed by atoms with Crippen LogP contribution in [0.2, 0.25) is 0 Å². The Morgan fingerprint density at radius 3 is 2.48 bits per heavy atom. The maximum atomic E-state index is 14.2. The summed E-state index contributed by atoms with van der Waals surface area (Å²) in [6, 6.07) is 10.6. The fourth-order valence-electron chi connectivity index (χ4n) is 3.05. The van der Waals surface area contributed by atoms with E-state index in [0.29, 0.717) is 10.9 Å². The number of halogens is 1. The molecule has 0 unspecified atom stereocenters. The third-order valence-corrected chi connectivity index (χ3v) is 6.36. The Bertz CT molecular complexity index is 961. The van der Waals surface area contributed by atoms with Crippen molar-refractivity contribution in [3.8, 4) is 0 Å². The Labute approximate surface area is 167 Å². The summed E-state index contributed by atoms with van der Waals surface area (Å²) in [5, 5.41) is 2.42.